The van der Waals surface area contributed by atoms with Crippen molar-refractivity contribution in [2.24, 2.45) is 0 Å². The van der Waals surface area contributed by atoms with E-state index in [1.807, 2.05) is 19.2 Å². The summed E-state index contributed by atoms with van der Waals surface area (Å²) < 4.78 is 5.62. The van der Waals surface area contributed by atoms with Gasteiger partial charge in [0.25, 0.3) is 5.69 Å². The molecule has 1 N–H and O–H groups in total. The maximum Gasteiger partial charge on any atom is 0.269 e. The first-order valence-electron chi connectivity index (χ1n) is 5.78. The van der Waals surface area contributed by atoms with Gasteiger partial charge >= 0.3 is 0 Å². The second kappa shape index (κ2) is 6.40. The van der Waals surface area contributed by atoms with Crippen molar-refractivity contribution >= 4 is 17.4 Å². The van der Waals surface area contributed by atoms with Gasteiger partial charge in [0.05, 0.1) is 17.2 Å². The second-order valence-electron chi connectivity index (χ2n) is 3.94. The Bertz CT molecular complexity index is 551. The molecule has 5 nitrogen and oxygen atoms in total. The van der Waals surface area contributed by atoms with E-state index in [0.717, 1.165) is 16.4 Å². The Hall–Kier alpha value is -1.79. The number of benzene rings is 1. The third-order valence-electron chi connectivity index (χ3n) is 2.50. The van der Waals surface area contributed by atoms with Crippen molar-refractivity contribution in [2.45, 2.75) is 17.2 Å². The van der Waals surface area contributed by atoms with Crippen molar-refractivity contribution in [3.63, 3.8) is 0 Å². The molecule has 6 heteroatoms. The van der Waals surface area contributed by atoms with Gasteiger partial charge in [-0.25, -0.2) is 0 Å². The number of nitro benzene ring substituents is 1. The second-order valence-corrected chi connectivity index (χ2v) is 4.99. The Morgan fingerprint density at radius 2 is 1.89 bits per heavy atom. The average molecular weight is 278 g/mol. The van der Waals surface area contributed by atoms with Crippen molar-refractivity contribution in [3.05, 3.63) is 58.0 Å². The lowest BCUT2D eigenvalue weighted by molar-refractivity contribution is -0.384. The monoisotopic (exact) mass is 278 g/mol. The van der Waals surface area contributed by atoms with Crippen LogP contribution in [0.1, 0.15) is 11.5 Å². The Balaban J connectivity index is 1.92. The van der Waals surface area contributed by atoms with Crippen LogP contribution in [-0.2, 0) is 12.3 Å². The van der Waals surface area contributed by atoms with E-state index >= 15 is 0 Å². The molecule has 0 aliphatic carbocycles. The highest BCUT2D eigenvalue weighted by atomic mass is 32.2. The Kier molecular flexibility index (Phi) is 4.59. The highest BCUT2D eigenvalue weighted by Crippen LogP contribution is 2.25. The Morgan fingerprint density at radius 1 is 1.21 bits per heavy atom. The zero-order chi connectivity index (χ0) is 13.7. The van der Waals surface area contributed by atoms with Crippen LogP contribution in [0.3, 0.4) is 0 Å². The quantitative estimate of drug-likeness (QED) is 0.499. The normalized spacial score (nSPS) is 10.6. The van der Waals surface area contributed by atoms with Crippen LogP contribution >= 0.6 is 11.8 Å². The topological polar surface area (TPSA) is 68.3 Å². The molecule has 100 valence electrons. The van der Waals surface area contributed by atoms with Crippen LogP contribution < -0.4 is 5.32 Å². The average Bonchev–Trinajstić information content (AvgIpc) is 2.85. The summed E-state index contributed by atoms with van der Waals surface area (Å²) in [5.74, 6) is 2.51. The third-order valence-corrected chi connectivity index (χ3v) is 3.53. The fourth-order valence-electron chi connectivity index (χ4n) is 1.59. The molecular formula is C13H14N2O3S. The number of nitro groups is 1. The van der Waals surface area contributed by atoms with Gasteiger partial charge in [-0.05, 0) is 31.3 Å². The number of furan rings is 1. The minimum absolute atomic E-state index is 0.110. The largest absolute Gasteiger partial charge is 0.464 e. The van der Waals surface area contributed by atoms with Gasteiger partial charge in [-0.1, -0.05) is 0 Å². The van der Waals surface area contributed by atoms with Crippen LogP contribution in [0.25, 0.3) is 0 Å². The first kappa shape index (κ1) is 13.6. The van der Waals surface area contributed by atoms with Crippen LogP contribution in [0.2, 0.25) is 0 Å². The van der Waals surface area contributed by atoms with Gasteiger partial charge in [-0.2, -0.15) is 0 Å². The van der Waals surface area contributed by atoms with Gasteiger partial charge in [0.1, 0.15) is 11.5 Å². The lowest BCUT2D eigenvalue weighted by atomic mass is 10.3. The molecule has 0 radical (unpaired) electrons. The van der Waals surface area contributed by atoms with Crippen LogP contribution in [0.5, 0.6) is 0 Å². The molecule has 0 aliphatic rings. The number of nitrogens with zero attached hydrogens (tertiary/aromatic N) is 1. The Labute approximate surface area is 115 Å². The van der Waals surface area contributed by atoms with Crippen molar-refractivity contribution in [1.29, 1.82) is 0 Å². The summed E-state index contributed by atoms with van der Waals surface area (Å²) in [7, 11) is 1.87. The SMILES string of the molecule is CNCc1ccc(CSc2ccc([N+](=O)[O-])cc2)o1. The van der Waals surface area contributed by atoms with Gasteiger partial charge in [-0.15, -0.1) is 11.8 Å². The number of nitrogens with one attached hydrogen (secondary N) is 1. The predicted octanol–water partition coefficient (Wildman–Crippen LogP) is 3.20. The standard InChI is InChI=1S/C13H14N2O3S/c1-14-8-11-4-5-12(18-11)9-19-13-6-2-10(3-7-13)15(16)17/h2-7,14H,8-9H2,1H3. The van der Waals surface area contributed by atoms with Crippen molar-refractivity contribution < 1.29 is 9.34 Å². The van der Waals surface area contributed by atoms with Crippen molar-refractivity contribution in [1.82, 2.24) is 5.32 Å². The van der Waals surface area contributed by atoms with Crippen LogP contribution in [0.4, 0.5) is 5.69 Å². The maximum absolute atomic E-state index is 10.5. The number of hydrogen-bond donors (Lipinski definition) is 1. The lowest BCUT2D eigenvalue weighted by Gasteiger charge is -1.99. The fourth-order valence-corrected chi connectivity index (χ4v) is 2.38. The lowest BCUT2D eigenvalue weighted by Crippen LogP contribution is -2.03. The molecule has 0 amide bonds. The summed E-state index contributed by atoms with van der Waals surface area (Å²) in [4.78, 5) is 11.1. The van der Waals surface area contributed by atoms with E-state index in [2.05, 4.69) is 5.32 Å². The first-order chi connectivity index (χ1) is 9.19. The van der Waals surface area contributed by atoms with Crippen molar-refractivity contribution in [3.8, 4) is 0 Å². The molecule has 1 heterocycles. The molecule has 0 saturated heterocycles. The van der Waals surface area contributed by atoms with Crippen LogP contribution in [-0.4, -0.2) is 12.0 Å². The molecular weight excluding hydrogens is 264 g/mol. The minimum atomic E-state index is -0.398. The van der Waals surface area contributed by atoms with E-state index in [1.54, 1.807) is 23.9 Å². The molecule has 0 bridgehead atoms. The van der Waals surface area contributed by atoms with E-state index in [0.29, 0.717) is 12.3 Å². The van der Waals surface area contributed by atoms with Gasteiger partial charge < -0.3 is 9.73 Å². The molecule has 1 aromatic heterocycles. The highest BCUT2D eigenvalue weighted by molar-refractivity contribution is 7.98. The predicted molar refractivity (Wildman–Crippen MR) is 74.1 cm³/mol. The van der Waals surface area contributed by atoms with E-state index in [4.69, 9.17) is 4.42 Å². The number of hydrogen-bond acceptors (Lipinski definition) is 5. The molecule has 0 atom stereocenters. The van der Waals surface area contributed by atoms with Gasteiger partial charge in [0.2, 0.25) is 0 Å². The molecule has 0 unspecified atom stereocenters. The molecule has 19 heavy (non-hydrogen) atoms. The molecule has 1 aromatic carbocycles. The maximum atomic E-state index is 10.5. The van der Waals surface area contributed by atoms with E-state index in [-0.39, 0.29) is 5.69 Å². The van der Waals surface area contributed by atoms with Gasteiger partial charge in [0, 0.05) is 17.0 Å². The molecule has 0 spiro atoms. The summed E-state index contributed by atoms with van der Waals surface area (Å²) in [6.07, 6.45) is 0. The fraction of sp³-hybridized carbons (Fsp3) is 0.231. The summed E-state index contributed by atoms with van der Waals surface area (Å²) in [5.41, 5.74) is 0.110. The number of thioether (sulfide) groups is 1. The highest BCUT2D eigenvalue weighted by Gasteiger charge is 2.06. The summed E-state index contributed by atoms with van der Waals surface area (Å²) in [6, 6.07) is 10.4. The van der Waals surface area contributed by atoms with E-state index in [1.165, 1.54) is 12.1 Å². The number of rotatable bonds is 6. The zero-order valence-corrected chi connectivity index (χ0v) is 11.3. The first-order valence-corrected chi connectivity index (χ1v) is 6.77. The smallest absolute Gasteiger partial charge is 0.269 e. The summed E-state index contributed by atoms with van der Waals surface area (Å²) >= 11 is 1.59. The van der Waals surface area contributed by atoms with Crippen LogP contribution in [0, 0.1) is 10.1 Å². The molecule has 0 fully saturated rings. The molecule has 2 rings (SSSR count). The molecule has 0 aliphatic heterocycles. The third kappa shape index (κ3) is 3.84. The molecule has 0 saturated carbocycles. The van der Waals surface area contributed by atoms with Crippen molar-refractivity contribution in [2.75, 3.05) is 7.05 Å². The summed E-state index contributed by atoms with van der Waals surface area (Å²) in [6.45, 7) is 0.711. The number of non-ortho nitro benzene ring substituents is 1. The van der Waals surface area contributed by atoms with Gasteiger partial charge in [0.15, 0.2) is 0 Å². The van der Waals surface area contributed by atoms with E-state index in [9.17, 15) is 10.1 Å². The Morgan fingerprint density at radius 3 is 2.53 bits per heavy atom. The van der Waals surface area contributed by atoms with Gasteiger partial charge in [-0.3, -0.25) is 10.1 Å². The van der Waals surface area contributed by atoms with E-state index < -0.39 is 4.92 Å². The molecule has 2 aromatic rings. The van der Waals surface area contributed by atoms with Crippen LogP contribution in [0.15, 0.2) is 45.7 Å². The minimum Gasteiger partial charge on any atom is -0.464 e. The summed E-state index contributed by atoms with van der Waals surface area (Å²) in [5, 5.41) is 13.6. The zero-order valence-electron chi connectivity index (χ0n) is 10.5.